The first-order valence-electron chi connectivity index (χ1n) is 11.7. The third kappa shape index (κ3) is 4.38. The highest BCUT2D eigenvalue weighted by Crippen LogP contribution is 2.44. The van der Waals surface area contributed by atoms with Gasteiger partial charge in [-0.05, 0) is 62.2 Å². The number of hydrogen-bond donors (Lipinski definition) is 1. The molecule has 37 heavy (non-hydrogen) atoms. The van der Waals surface area contributed by atoms with Crippen molar-refractivity contribution in [3.05, 3.63) is 80.3 Å². The van der Waals surface area contributed by atoms with Gasteiger partial charge in [0, 0.05) is 17.0 Å². The Balaban J connectivity index is 1.66. The largest absolute Gasteiger partial charge is 0.507 e. The molecular formula is C27H23ClN2O6S. The third-order valence-corrected chi connectivity index (χ3v) is 7.64. The van der Waals surface area contributed by atoms with Crippen LogP contribution in [0.15, 0.2) is 48.0 Å². The predicted molar refractivity (Wildman–Crippen MR) is 139 cm³/mol. The summed E-state index contributed by atoms with van der Waals surface area (Å²) in [6.45, 7) is 5.46. The van der Waals surface area contributed by atoms with Crippen molar-refractivity contribution in [1.29, 1.82) is 0 Å². The highest BCUT2D eigenvalue weighted by atomic mass is 35.5. The number of halogens is 1. The van der Waals surface area contributed by atoms with Gasteiger partial charge in [0.25, 0.3) is 5.78 Å². The van der Waals surface area contributed by atoms with Gasteiger partial charge in [0.15, 0.2) is 5.13 Å². The lowest BCUT2D eigenvalue weighted by molar-refractivity contribution is -0.132. The van der Waals surface area contributed by atoms with E-state index in [2.05, 4.69) is 4.98 Å². The van der Waals surface area contributed by atoms with Crippen molar-refractivity contribution in [3.8, 4) is 5.75 Å². The van der Waals surface area contributed by atoms with Crippen molar-refractivity contribution in [1.82, 2.24) is 4.98 Å². The number of anilines is 1. The van der Waals surface area contributed by atoms with Gasteiger partial charge in [-0.3, -0.25) is 14.5 Å². The van der Waals surface area contributed by atoms with Gasteiger partial charge in [-0.2, -0.15) is 0 Å². The fourth-order valence-electron chi connectivity index (χ4n) is 4.59. The number of hydrogen-bond acceptors (Lipinski definition) is 8. The van der Waals surface area contributed by atoms with Gasteiger partial charge in [0.1, 0.15) is 22.5 Å². The summed E-state index contributed by atoms with van der Waals surface area (Å²) in [7, 11) is 0. The lowest BCUT2D eigenvalue weighted by Crippen LogP contribution is -2.29. The summed E-state index contributed by atoms with van der Waals surface area (Å²) in [4.78, 5) is 45.1. The van der Waals surface area contributed by atoms with Gasteiger partial charge in [-0.15, -0.1) is 0 Å². The van der Waals surface area contributed by atoms with Gasteiger partial charge in [0.2, 0.25) is 0 Å². The van der Waals surface area contributed by atoms with Crippen molar-refractivity contribution in [3.63, 3.8) is 0 Å². The molecule has 1 fully saturated rings. The molecule has 2 aliphatic heterocycles. The summed E-state index contributed by atoms with van der Waals surface area (Å²) in [5.41, 5.74) is 2.15. The standard InChI is InChI=1S/C27H23ClN2O6S/c1-4-35-26(34)24-14(3)29-27(37-24)30-21(15-5-8-18(28)9-6-15)20(23(32)25(30)33)22(31)16-7-10-19-17(12-16)11-13(2)36-19/h5-10,12-13,21,31H,4,11H2,1-3H3. The van der Waals surface area contributed by atoms with Crippen molar-refractivity contribution in [2.45, 2.75) is 39.3 Å². The predicted octanol–water partition coefficient (Wildman–Crippen LogP) is 5.23. The van der Waals surface area contributed by atoms with Crippen LogP contribution in [-0.4, -0.2) is 40.5 Å². The number of amides is 1. The number of ether oxygens (including phenoxy) is 2. The van der Waals surface area contributed by atoms with Crippen LogP contribution in [0.3, 0.4) is 0 Å². The third-order valence-electron chi connectivity index (χ3n) is 6.25. The maximum absolute atomic E-state index is 13.4. The summed E-state index contributed by atoms with van der Waals surface area (Å²) in [5, 5.41) is 12.0. The second kappa shape index (κ2) is 9.64. The first kappa shape index (κ1) is 25.0. The average Bonchev–Trinajstić information content (AvgIpc) is 3.51. The lowest BCUT2D eigenvalue weighted by atomic mass is 9.94. The smallest absolute Gasteiger partial charge is 0.350 e. The van der Waals surface area contributed by atoms with Crippen molar-refractivity contribution in [2.24, 2.45) is 0 Å². The van der Waals surface area contributed by atoms with Crippen LogP contribution in [0.2, 0.25) is 5.02 Å². The minimum Gasteiger partial charge on any atom is -0.507 e. The summed E-state index contributed by atoms with van der Waals surface area (Å²) in [5.74, 6) is -1.85. The molecule has 10 heteroatoms. The molecule has 190 valence electrons. The molecule has 0 radical (unpaired) electrons. The number of carbonyl (C=O) groups excluding carboxylic acids is 3. The van der Waals surface area contributed by atoms with Gasteiger partial charge in [-0.1, -0.05) is 35.1 Å². The Bertz CT molecular complexity index is 1460. The molecule has 3 heterocycles. The summed E-state index contributed by atoms with van der Waals surface area (Å²) in [6, 6.07) is 10.8. The normalized spacial score (nSPS) is 20.2. The van der Waals surface area contributed by atoms with Crippen LogP contribution in [0.5, 0.6) is 5.75 Å². The topological polar surface area (TPSA) is 106 Å². The zero-order valence-corrected chi connectivity index (χ0v) is 21.9. The van der Waals surface area contributed by atoms with Crippen LogP contribution < -0.4 is 9.64 Å². The number of carbonyl (C=O) groups is 3. The number of rotatable bonds is 5. The molecule has 2 aliphatic rings. The molecule has 1 saturated heterocycles. The van der Waals surface area contributed by atoms with Crippen molar-refractivity contribution < 1.29 is 29.0 Å². The van der Waals surface area contributed by atoms with E-state index in [9.17, 15) is 19.5 Å². The second-order valence-corrected chi connectivity index (χ2v) is 10.2. The molecule has 0 spiro atoms. The monoisotopic (exact) mass is 538 g/mol. The highest BCUT2D eigenvalue weighted by Gasteiger charge is 2.48. The van der Waals surface area contributed by atoms with Gasteiger partial charge in [-0.25, -0.2) is 9.78 Å². The summed E-state index contributed by atoms with van der Waals surface area (Å²) < 4.78 is 10.9. The Morgan fingerprint density at radius 2 is 1.97 bits per heavy atom. The molecule has 1 amide bonds. The van der Waals surface area contributed by atoms with Gasteiger partial charge >= 0.3 is 11.9 Å². The molecule has 0 saturated carbocycles. The van der Waals surface area contributed by atoms with Crippen molar-refractivity contribution >= 4 is 51.5 Å². The number of thiazole rings is 1. The van der Waals surface area contributed by atoms with E-state index < -0.39 is 23.7 Å². The molecule has 5 rings (SSSR count). The molecule has 2 unspecified atom stereocenters. The van der Waals surface area contributed by atoms with Crippen LogP contribution in [0.25, 0.3) is 5.76 Å². The Hall–Kier alpha value is -3.69. The summed E-state index contributed by atoms with van der Waals surface area (Å²) in [6.07, 6.45) is 0.675. The van der Waals surface area contributed by atoms with E-state index in [1.165, 1.54) is 4.90 Å². The Morgan fingerprint density at radius 3 is 2.68 bits per heavy atom. The maximum atomic E-state index is 13.4. The van der Waals surface area contributed by atoms with Crippen LogP contribution >= 0.6 is 22.9 Å². The molecular weight excluding hydrogens is 516 g/mol. The van der Waals surface area contributed by atoms with E-state index in [1.807, 2.05) is 6.92 Å². The number of aryl methyl sites for hydroxylation is 1. The van der Waals surface area contributed by atoms with Gasteiger partial charge < -0.3 is 14.6 Å². The zero-order chi connectivity index (χ0) is 26.4. The van der Waals surface area contributed by atoms with Crippen LogP contribution in [0.4, 0.5) is 5.13 Å². The minimum atomic E-state index is -0.985. The van der Waals surface area contributed by atoms with E-state index in [4.69, 9.17) is 21.1 Å². The first-order valence-corrected chi connectivity index (χ1v) is 12.9. The molecule has 1 aromatic heterocycles. The Labute approximate surface area is 222 Å². The minimum absolute atomic E-state index is 0.00813. The number of esters is 1. The Morgan fingerprint density at radius 1 is 1.24 bits per heavy atom. The molecule has 3 aromatic rings. The van der Waals surface area contributed by atoms with E-state index in [-0.39, 0.29) is 34.1 Å². The molecule has 8 nitrogen and oxygen atoms in total. The van der Waals surface area contributed by atoms with Crippen LogP contribution in [-0.2, 0) is 20.7 Å². The molecule has 0 bridgehead atoms. The molecule has 1 N–H and O–H groups in total. The van der Waals surface area contributed by atoms with Crippen molar-refractivity contribution in [2.75, 3.05) is 11.5 Å². The summed E-state index contributed by atoms with van der Waals surface area (Å²) >= 11 is 7.05. The quantitative estimate of drug-likeness (QED) is 0.205. The number of fused-ring (bicyclic) bond motifs is 1. The highest BCUT2D eigenvalue weighted by molar-refractivity contribution is 7.17. The average molecular weight is 539 g/mol. The van der Waals surface area contributed by atoms with E-state index in [0.717, 1.165) is 22.6 Å². The fraction of sp³-hybridized carbons (Fsp3) is 0.259. The fourth-order valence-corrected chi connectivity index (χ4v) is 5.70. The lowest BCUT2D eigenvalue weighted by Gasteiger charge is -2.23. The Kier molecular flexibility index (Phi) is 6.51. The number of Topliss-reactive ketones (excluding diaryl/α,β-unsaturated/α-hetero) is 1. The van der Waals surface area contributed by atoms with E-state index in [1.54, 1.807) is 56.3 Å². The number of aromatic nitrogens is 1. The van der Waals surface area contributed by atoms with Gasteiger partial charge in [0.05, 0.1) is 23.9 Å². The molecule has 2 atom stereocenters. The molecule has 2 aromatic carbocycles. The first-order chi connectivity index (χ1) is 17.7. The number of nitrogens with zero attached hydrogens (tertiary/aromatic N) is 2. The molecule has 0 aliphatic carbocycles. The van der Waals surface area contributed by atoms with E-state index in [0.29, 0.717) is 28.3 Å². The van der Waals surface area contributed by atoms with Crippen LogP contribution in [0, 0.1) is 6.92 Å². The maximum Gasteiger partial charge on any atom is 0.350 e. The van der Waals surface area contributed by atoms with E-state index >= 15 is 0 Å². The number of ketones is 1. The zero-order valence-electron chi connectivity index (χ0n) is 20.3. The number of aliphatic hydroxyl groups excluding tert-OH is 1. The van der Waals surface area contributed by atoms with Crippen LogP contribution in [0.1, 0.15) is 51.9 Å². The number of benzene rings is 2. The SMILES string of the molecule is CCOC(=O)c1sc(N2C(=O)C(=O)C(=C(O)c3ccc4c(c3)CC(C)O4)C2c2ccc(Cl)cc2)nc1C. The number of aliphatic hydroxyl groups is 1. The second-order valence-electron chi connectivity index (χ2n) is 8.81.